The average Bonchev–Trinajstić information content (AvgIpc) is 3.18. The molecule has 0 fully saturated rings. The topological polar surface area (TPSA) is 112 Å². The molecule has 2 aromatic rings. The highest BCUT2D eigenvalue weighted by Crippen LogP contribution is 2.39. The van der Waals surface area contributed by atoms with Gasteiger partial charge in [0.05, 0.1) is 0 Å². The van der Waals surface area contributed by atoms with Crippen molar-refractivity contribution in [2.75, 3.05) is 0 Å². The number of fused-ring (bicyclic) bond motifs is 3. The van der Waals surface area contributed by atoms with Crippen LogP contribution in [0.3, 0.4) is 0 Å². The van der Waals surface area contributed by atoms with E-state index in [9.17, 15) is 19.5 Å². The molecule has 0 amide bonds. The number of benzene rings is 1. The van der Waals surface area contributed by atoms with Crippen LogP contribution in [0.1, 0.15) is 47.1 Å². The van der Waals surface area contributed by atoms with Gasteiger partial charge in [-0.25, -0.2) is 14.4 Å². The Labute approximate surface area is 185 Å². The number of hydrogen-bond acceptors (Lipinski definition) is 8. The van der Waals surface area contributed by atoms with Gasteiger partial charge >= 0.3 is 17.6 Å². The minimum atomic E-state index is -2.08. The molecule has 1 aliphatic heterocycles. The highest BCUT2D eigenvalue weighted by molar-refractivity contribution is 5.88. The fraction of sp³-hybridized carbons (Fsp3) is 0.458. The maximum atomic E-state index is 12.8. The highest BCUT2D eigenvalue weighted by Gasteiger charge is 2.47. The van der Waals surface area contributed by atoms with Crippen molar-refractivity contribution in [3.63, 3.8) is 0 Å². The quantitative estimate of drug-likeness (QED) is 0.411. The molecule has 0 bridgehead atoms. The van der Waals surface area contributed by atoms with Gasteiger partial charge in [0.25, 0.3) is 0 Å². The van der Waals surface area contributed by atoms with E-state index in [1.54, 1.807) is 52.0 Å². The highest BCUT2D eigenvalue weighted by atomic mass is 16.6. The lowest BCUT2D eigenvalue weighted by atomic mass is 9.94. The third-order valence-electron chi connectivity index (χ3n) is 5.88. The van der Waals surface area contributed by atoms with Crippen LogP contribution in [-0.4, -0.2) is 40.5 Å². The van der Waals surface area contributed by atoms with Gasteiger partial charge in [0.2, 0.25) is 0 Å². The Kier molecular flexibility index (Phi) is 6.20. The van der Waals surface area contributed by atoms with Gasteiger partial charge in [0.1, 0.15) is 29.1 Å². The molecule has 1 aliphatic rings. The predicted octanol–water partition coefficient (Wildman–Crippen LogP) is 3.07. The molecule has 3 unspecified atom stereocenters. The number of carbonyl (C=O) groups excluding carboxylic acids is 2. The molecule has 0 radical (unpaired) electrons. The SMILES string of the molecule is CC=C(C)C(=O)OC(C)C(C)(O)C(=O)OC(C)(C)C1Cc2c(ccc3ccc(=O)oc23)O1. The average molecular weight is 444 g/mol. The Morgan fingerprint density at radius 3 is 2.53 bits per heavy atom. The summed E-state index contributed by atoms with van der Waals surface area (Å²) in [7, 11) is 0. The summed E-state index contributed by atoms with van der Waals surface area (Å²) >= 11 is 0. The van der Waals surface area contributed by atoms with Crippen molar-refractivity contribution in [2.45, 2.75) is 71.4 Å². The fourth-order valence-electron chi connectivity index (χ4n) is 3.30. The third-order valence-corrected chi connectivity index (χ3v) is 5.88. The summed E-state index contributed by atoms with van der Waals surface area (Å²) in [5.41, 5.74) is -2.18. The van der Waals surface area contributed by atoms with E-state index >= 15 is 0 Å². The molecule has 0 spiro atoms. The number of esters is 2. The Bertz CT molecular complexity index is 1140. The van der Waals surface area contributed by atoms with E-state index in [-0.39, 0.29) is 0 Å². The first kappa shape index (κ1) is 23.5. The van der Waals surface area contributed by atoms with E-state index in [0.29, 0.717) is 28.9 Å². The molecule has 1 N–H and O–H groups in total. The molecule has 1 aromatic heterocycles. The summed E-state index contributed by atoms with van der Waals surface area (Å²) in [6.07, 6.45) is 0.184. The lowest BCUT2D eigenvalue weighted by molar-refractivity contribution is -0.197. The van der Waals surface area contributed by atoms with Crippen molar-refractivity contribution in [3.8, 4) is 5.75 Å². The number of carbonyl (C=O) groups is 2. The fourth-order valence-corrected chi connectivity index (χ4v) is 3.30. The second-order valence-corrected chi connectivity index (χ2v) is 8.69. The summed E-state index contributed by atoms with van der Waals surface area (Å²) in [6, 6.07) is 6.58. The molecule has 32 heavy (non-hydrogen) atoms. The minimum absolute atomic E-state index is 0.340. The molecular formula is C24H28O8. The summed E-state index contributed by atoms with van der Waals surface area (Å²) in [4.78, 5) is 36.5. The number of allylic oxidation sites excluding steroid dienone is 1. The summed E-state index contributed by atoms with van der Waals surface area (Å²) in [6.45, 7) is 9.25. The monoisotopic (exact) mass is 444 g/mol. The van der Waals surface area contributed by atoms with Gasteiger partial charge in [0, 0.05) is 29.0 Å². The van der Waals surface area contributed by atoms with Crippen LogP contribution in [0.15, 0.2) is 45.1 Å². The normalized spacial score (nSPS) is 19.0. The third kappa shape index (κ3) is 4.41. The van der Waals surface area contributed by atoms with Gasteiger partial charge in [-0.2, -0.15) is 0 Å². The molecule has 1 aromatic carbocycles. The zero-order chi connectivity index (χ0) is 23.8. The molecule has 172 valence electrons. The van der Waals surface area contributed by atoms with Gasteiger partial charge in [-0.15, -0.1) is 0 Å². The first-order valence-electron chi connectivity index (χ1n) is 10.4. The van der Waals surface area contributed by atoms with Gasteiger partial charge in [-0.05, 0) is 59.7 Å². The lowest BCUT2D eigenvalue weighted by Crippen LogP contribution is -2.53. The van der Waals surface area contributed by atoms with Crippen LogP contribution in [-0.2, 0) is 25.5 Å². The van der Waals surface area contributed by atoms with Crippen LogP contribution >= 0.6 is 0 Å². The first-order chi connectivity index (χ1) is 14.9. The summed E-state index contributed by atoms with van der Waals surface area (Å²) in [5, 5.41) is 11.5. The number of rotatable bonds is 6. The first-order valence-corrected chi connectivity index (χ1v) is 10.4. The van der Waals surface area contributed by atoms with Crippen molar-refractivity contribution < 1.29 is 33.3 Å². The Morgan fingerprint density at radius 2 is 1.88 bits per heavy atom. The van der Waals surface area contributed by atoms with Crippen molar-refractivity contribution >= 4 is 22.9 Å². The van der Waals surface area contributed by atoms with E-state index in [2.05, 4.69) is 0 Å². The van der Waals surface area contributed by atoms with Crippen LogP contribution in [0.5, 0.6) is 5.75 Å². The van der Waals surface area contributed by atoms with Crippen LogP contribution < -0.4 is 10.4 Å². The second-order valence-electron chi connectivity index (χ2n) is 8.69. The van der Waals surface area contributed by atoms with E-state index < -0.39 is 41.0 Å². The second kappa shape index (κ2) is 8.43. The molecule has 8 heteroatoms. The largest absolute Gasteiger partial charge is 0.485 e. The van der Waals surface area contributed by atoms with E-state index in [0.717, 1.165) is 5.39 Å². The van der Waals surface area contributed by atoms with Crippen LogP contribution in [0.2, 0.25) is 0 Å². The molecule has 2 heterocycles. The number of aliphatic hydroxyl groups is 1. The summed E-state index contributed by atoms with van der Waals surface area (Å²) in [5.74, 6) is -1.04. The number of hydrogen-bond donors (Lipinski definition) is 1. The smallest absolute Gasteiger partial charge is 0.342 e. The lowest BCUT2D eigenvalue weighted by Gasteiger charge is -2.35. The maximum absolute atomic E-state index is 12.8. The predicted molar refractivity (Wildman–Crippen MR) is 116 cm³/mol. The van der Waals surface area contributed by atoms with E-state index in [1.165, 1.54) is 19.9 Å². The van der Waals surface area contributed by atoms with E-state index in [1.807, 2.05) is 0 Å². The molecule has 0 saturated carbocycles. The Hall–Kier alpha value is -3.13. The van der Waals surface area contributed by atoms with Crippen LogP contribution in [0.25, 0.3) is 11.0 Å². The molecular weight excluding hydrogens is 416 g/mol. The van der Waals surface area contributed by atoms with Crippen molar-refractivity contribution in [3.05, 3.63) is 51.9 Å². The standard InChI is InChI=1S/C24H28O8/c1-7-13(2)21(26)29-14(3)24(6,28)22(27)32-23(4,5)18-12-16-17(30-18)10-8-15-9-11-19(25)31-20(15)16/h7-11,14,18,28H,12H2,1-6H3. The zero-order valence-corrected chi connectivity index (χ0v) is 19.1. The Balaban J connectivity index is 1.76. The van der Waals surface area contributed by atoms with Gasteiger partial charge in [-0.3, -0.25) is 0 Å². The zero-order valence-electron chi connectivity index (χ0n) is 19.1. The molecule has 3 rings (SSSR count). The van der Waals surface area contributed by atoms with Crippen molar-refractivity contribution in [1.82, 2.24) is 0 Å². The van der Waals surface area contributed by atoms with E-state index in [4.69, 9.17) is 18.6 Å². The summed E-state index contributed by atoms with van der Waals surface area (Å²) < 4.78 is 22.2. The van der Waals surface area contributed by atoms with Crippen molar-refractivity contribution in [2.24, 2.45) is 0 Å². The van der Waals surface area contributed by atoms with Crippen LogP contribution in [0, 0.1) is 0 Å². The van der Waals surface area contributed by atoms with Crippen molar-refractivity contribution in [1.29, 1.82) is 0 Å². The van der Waals surface area contributed by atoms with Gasteiger partial charge < -0.3 is 23.7 Å². The molecule has 0 saturated heterocycles. The maximum Gasteiger partial charge on any atom is 0.342 e. The molecule has 0 aliphatic carbocycles. The molecule has 3 atom stereocenters. The Morgan fingerprint density at radius 1 is 1.22 bits per heavy atom. The minimum Gasteiger partial charge on any atom is -0.485 e. The molecule has 8 nitrogen and oxygen atoms in total. The van der Waals surface area contributed by atoms with Gasteiger partial charge in [-0.1, -0.05) is 6.08 Å². The number of ether oxygens (including phenoxy) is 3. The van der Waals surface area contributed by atoms with Gasteiger partial charge in [0.15, 0.2) is 5.60 Å². The van der Waals surface area contributed by atoms with Crippen LogP contribution in [0.4, 0.5) is 0 Å².